The molecule has 0 aromatic carbocycles. The normalized spacial score (nSPS) is 14.5. The van der Waals surface area contributed by atoms with Gasteiger partial charge in [0.1, 0.15) is 0 Å². The van der Waals surface area contributed by atoms with Gasteiger partial charge in [0.25, 0.3) is 0 Å². The average molecular weight is 158 g/mol. The van der Waals surface area contributed by atoms with Crippen LogP contribution in [-0.4, -0.2) is 30.5 Å². The number of carbonyl (C=O) groups excluding carboxylic acids is 1. The van der Waals surface area contributed by atoms with E-state index in [1.807, 2.05) is 0 Å². The van der Waals surface area contributed by atoms with E-state index >= 15 is 0 Å². The number of esters is 1. The van der Waals surface area contributed by atoms with Crippen LogP contribution in [0.5, 0.6) is 0 Å². The van der Waals surface area contributed by atoms with Gasteiger partial charge in [-0.2, -0.15) is 13.2 Å². The van der Waals surface area contributed by atoms with E-state index in [0.717, 1.165) is 7.11 Å². The van der Waals surface area contributed by atoms with Gasteiger partial charge in [0.05, 0.1) is 7.11 Å². The second-order valence-electron chi connectivity index (χ2n) is 1.47. The lowest BCUT2D eigenvalue weighted by Gasteiger charge is -2.10. The second kappa shape index (κ2) is 2.87. The largest absolute Gasteiger partial charge is 0.467 e. The summed E-state index contributed by atoms with van der Waals surface area (Å²) in [5, 5.41) is 8.05. The predicted octanol–water partition coefficient (Wildman–Crippen LogP) is 0.0826. The molecule has 0 radical (unpaired) electrons. The molecule has 10 heavy (non-hydrogen) atoms. The van der Waals surface area contributed by atoms with E-state index in [-0.39, 0.29) is 0 Å². The number of rotatable bonds is 1. The number of hydrogen-bond donors (Lipinski definition) is 1. The maximum atomic E-state index is 11.3. The summed E-state index contributed by atoms with van der Waals surface area (Å²) in [6.45, 7) is 0. The standard InChI is InChI=1S/C4H5F3O3/c1-10-3(9)2(8)4(5,6)7/h2,8H,1H3/t2-/m0/s1. The highest BCUT2D eigenvalue weighted by atomic mass is 19.4. The fraction of sp³-hybridized carbons (Fsp3) is 0.750. The van der Waals surface area contributed by atoms with Crippen LogP contribution in [0.25, 0.3) is 0 Å². The molecule has 0 aliphatic carbocycles. The van der Waals surface area contributed by atoms with Gasteiger partial charge in [-0.15, -0.1) is 0 Å². The van der Waals surface area contributed by atoms with Crippen molar-refractivity contribution in [1.29, 1.82) is 0 Å². The van der Waals surface area contributed by atoms with Crippen molar-refractivity contribution in [3.05, 3.63) is 0 Å². The van der Waals surface area contributed by atoms with Crippen molar-refractivity contribution < 1.29 is 27.8 Å². The molecule has 3 nitrogen and oxygen atoms in total. The van der Waals surface area contributed by atoms with E-state index in [1.165, 1.54) is 0 Å². The van der Waals surface area contributed by atoms with Crippen LogP contribution >= 0.6 is 0 Å². The highest BCUT2D eigenvalue weighted by molar-refractivity contribution is 5.75. The van der Waals surface area contributed by atoms with Crippen LogP contribution in [0, 0.1) is 0 Å². The Hall–Kier alpha value is -0.780. The molecule has 0 aliphatic rings. The third-order valence-corrected chi connectivity index (χ3v) is 0.734. The lowest BCUT2D eigenvalue weighted by Crippen LogP contribution is -2.37. The number of aliphatic hydroxyl groups excluding tert-OH is 1. The molecule has 1 N–H and O–H groups in total. The highest BCUT2D eigenvalue weighted by Gasteiger charge is 2.44. The van der Waals surface area contributed by atoms with Gasteiger partial charge in [-0.25, -0.2) is 4.79 Å². The van der Waals surface area contributed by atoms with E-state index in [4.69, 9.17) is 5.11 Å². The Labute approximate surface area is 54.4 Å². The minimum absolute atomic E-state index is 0.761. The van der Waals surface area contributed by atoms with E-state index < -0.39 is 18.2 Å². The molecule has 6 heteroatoms. The summed E-state index contributed by atoms with van der Waals surface area (Å²) < 4.78 is 37.6. The fourth-order valence-electron chi connectivity index (χ4n) is 0.245. The third-order valence-electron chi connectivity index (χ3n) is 0.734. The first-order valence-electron chi connectivity index (χ1n) is 2.22. The molecule has 0 aromatic rings. The van der Waals surface area contributed by atoms with E-state index in [1.54, 1.807) is 0 Å². The Morgan fingerprint density at radius 1 is 1.60 bits per heavy atom. The molecule has 0 saturated carbocycles. The van der Waals surface area contributed by atoms with Gasteiger partial charge in [0, 0.05) is 0 Å². The van der Waals surface area contributed by atoms with Gasteiger partial charge >= 0.3 is 12.1 Å². The molecular formula is C4H5F3O3. The molecule has 0 unspecified atom stereocenters. The van der Waals surface area contributed by atoms with Crippen LogP contribution in [0.2, 0.25) is 0 Å². The number of carbonyl (C=O) groups is 1. The SMILES string of the molecule is COC(=O)[C@H](O)C(F)(F)F. The molecule has 0 spiro atoms. The molecule has 0 heterocycles. The molecule has 0 aromatic heterocycles. The van der Waals surface area contributed by atoms with Gasteiger partial charge in [0.2, 0.25) is 6.10 Å². The van der Waals surface area contributed by atoms with E-state index in [0.29, 0.717) is 0 Å². The Balaban J connectivity index is 4.08. The highest BCUT2D eigenvalue weighted by Crippen LogP contribution is 2.20. The van der Waals surface area contributed by atoms with Gasteiger partial charge in [-0.05, 0) is 0 Å². The van der Waals surface area contributed by atoms with Crippen molar-refractivity contribution in [2.45, 2.75) is 12.3 Å². The van der Waals surface area contributed by atoms with Crippen molar-refractivity contribution in [1.82, 2.24) is 0 Å². The maximum absolute atomic E-state index is 11.3. The van der Waals surface area contributed by atoms with Crippen molar-refractivity contribution in [3.8, 4) is 0 Å². The first-order valence-corrected chi connectivity index (χ1v) is 2.22. The van der Waals surface area contributed by atoms with Gasteiger partial charge in [-0.1, -0.05) is 0 Å². The number of ether oxygens (including phenoxy) is 1. The molecular weight excluding hydrogens is 153 g/mol. The van der Waals surface area contributed by atoms with Gasteiger partial charge in [-0.3, -0.25) is 0 Å². The third kappa shape index (κ3) is 2.22. The van der Waals surface area contributed by atoms with Crippen LogP contribution in [0.1, 0.15) is 0 Å². The summed E-state index contributed by atoms with van der Waals surface area (Å²) in [6.07, 6.45) is -7.97. The summed E-state index contributed by atoms with van der Waals surface area (Å²) in [7, 11) is 0.761. The van der Waals surface area contributed by atoms with Crippen LogP contribution in [0.4, 0.5) is 13.2 Å². The zero-order chi connectivity index (χ0) is 8.36. The Kier molecular flexibility index (Phi) is 2.65. The van der Waals surface area contributed by atoms with Gasteiger partial charge in [0.15, 0.2) is 0 Å². The molecule has 0 aliphatic heterocycles. The number of aliphatic hydroxyl groups is 1. The predicted molar refractivity (Wildman–Crippen MR) is 24.1 cm³/mol. The lowest BCUT2D eigenvalue weighted by molar-refractivity contribution is -0.216. The fourth-order valence-corrected chi connectivity index (χ4v) is 0.245. The number of hydrogen-bond acceptors (Lipinski definition) is 3. The maximum Gasteiger partial charge on any atom is 0.425 e. The van der Waals surface area contributed by atoms with Gasteiger partial charge < -0.3 is 9.84 Å². The number of halogens is 3. The molecule has 0 amide bonds. The average Bonchev–Trinajstić information content (AvgIpc) is 1.83. The van der Waals surface area contributed by atoms with E-state index in [2.05, 4.69) is 4.74 Å². The van der Waals surface area contributed by atoms with Crippen molar-refractivity contribution >= 4 is 5.97 Å². The summed E-state index contributed by atoms with van der Waals surface area (Å²) in [6, 6.07) is 0. The Morgan fingerprint density at radius 2 is 2.00 bits per heavy atom. The molecule has 0 saturated heterocycles. The van der Waals surface area contributed by atoms with Crippen molar-refractivity contribution in [3.63, 3.8) is 0 Å². The molecule has 0 rings (SSSR count). The topological polar surface area (TPSA) is 46.5 Å². The summed E-state index contributed by atoms with van der Waals surface area (Å²) in [4.78, 5) is 9.97. The quantitative estimate of drug-likeness (QED) is 0.550. The first-order chi connectivity index (χ1) is 4.39. The number of methoxy groups -OCH3 is 1. The molecule has 60 valence electrons. The molecule has 1 atom stereocenters. The van der Waals surface area contributed by atoms with E-state index in [9.17, 15) is 18.0 Å². The smallest absolute Gasteiger partial charge is 0.425 e. The zero-order valence-corrected chi connectivity index (χ0v) is 4.97. The summed E-state index contributed by atoms with van der Waals surface area (Å²) in [5.74, 6) is -1.70. The van der Waals surface area contributed by atoms with Crippen LogP contribution in [0.15, 0.2) is 0 Å². The minimum Gasteiger partial charge on any atom is -0.467 e. The second-order valence-corrected chi connectivity index (χ2v) is 1.47. The Bertz CT molecular complexity index is 130. The summed E-state index contributed by atoms with van der Waals surface area (Å²) in [5.41, 5.74) is 0. The minimum atomic E-state index is -4.94. The van der Waals surface area contributed by atoms with Crippen LogP contribution in [-0.2, 0) is 9.53 Å². The van der Waals surface area contributed by atoms with Crippen LogP contribution in [0.3, 0.4) is 0 Å². The van der Waals surface area contributed by atoms with Crippen LogP contribution < -0.4 is 0 Å². The first kappa shape index (κ1) is 9.22. The lowest BCUT2D eigenvalue weighted by atomic mass is 10.3. The number of alkyl halides is 3. The zero-order valence-electron chi connectivity index (χ0n) is 4.97. The summed E-state index contributed by atoms with van der Waals surface area (Å²) >= 11 is 0. The monoisotopic (exact) mass is 158 g/mol. The molecule has 0 fully saturated rings. The van der Waals surface area contributed by atoms with Crippen molar-refractivity contribution in [2.24, 2.45) is 0 Å². The Morgan fingerprint density at radius 3 is 2.10 bits per heavy atom. The van der Waals surface area contributed by atoms with Crippen molar-refractivity contribution in [2.75, 3.05) is 7.11 Å². The molecule has 0 bridgehead atoms.